The molecule has 9 heteroatoms. The molecule has 3 aromatic rings. The van der Waals surface area contributed by atoms with Crippen LogP contribution in [0.5, 0.6) is 5.75 Å². The molecule has 1 saturated heterocycles. The maximum atomic E-state index is 13.5. The highest BCUT2D eigenvalue weighted by molar-refractivity contribution is 5.85. The van der Waals surface area contributed by atoms with Crippen LogP contribution in [-0.4, -0.2) is 54.3 Å². The molecular weight excluding hydrogens is 606 g/mol. The second-order valence-electron chi connectivity index (χ2n) is 13.6. The van der Waals surface area contributed by atoms with E-state index in [-0.39, 0.29) is 25.2 Å². The Labute approximate surface area is 285 Å². The van der Waals surface area contributed by atoms with E-state index in [4.69, 9.17) is 14.2 Å². The highest BCUT2D eigenvalue weighted by Crippen LogP contribution is 2.26. The summed E-state index contributed by atoms with van der Waals surface area (Å²) in [7, 11) is 0. The van der Waals surface area contributed by atoms with E-state index in [1.807, 2.05) is 106 Å². The van der Waals surface area contributed by atoms with Crippen molar-refractivity contribution in [1.82, 2.24) is 15.5 Å². The predicted molar refractivity (Wildman–Crippen MR) is 187 cm³/mol. The number of benzene rings is 3. The molecule has 0 aromatic heterocycles. The molecule has 0 spiro atoms. The van der Waals surface area contributed by atoms with Crippen LogP contribution in [0, 0.1) is 19.8 Å². The zero-order chi connectivity index (χ0) is 34.5. The van der Waals surface area contributed by atoms with E-state index in [2.05, 4.69) is 16.7 Å². The largest absolute Gasteiger partial charge is 0.493 e. The van der Waals surface area contributed by atoms with Gasteiger partial charge in [0.2, 0.25) is 5.91 Å². The summed E-state index contributed by atoms with van der Waals surface area (Å²) in [6, 6.07) is 22.6. The average Bonchev–Trinajstić information content (AvgIpc) is 3.06. The van der Waals surface area contributed by atoms with Crippen molar-refractivity contribution in [1.29, 1.82) is 0 Å². The van der Waals surface area contributed by atoms with E-state index in [9.17, 15) is 14.4 Å². The van der Waals surface area contributed by atoms with Crippen LogP contribution in [0.25, 0.3) is 0 Å². The van der Waals surface area contributed by atoms with Crippen molar-refractivity contribution in [3.8, 4) is 5.75 Å². The van der Waals surface area contributed by atoms with Gasteiger partial charge in [-0.2, -0.15) is 0 Å². The van der Waals surface area contributed by atoms with Gasteiger partial charge in [-0.1, -0.05) is 66.7 Å². The van der Waals surface area contributed by atoms with Gasteiger partial charge in [0.25, 0.3) is 0 Å². The first-order valence-electron chi connectivity index (χ1n) is 17.0. The van der Waals surface area contributed by atoms with E-state index in [0.717, 1.165) is 59.4 Å². The molecule has 258 valence electrons. The lowest BCUT2D eigenvalue weighted by molar-refractivity contribution is -0.123. The van der Waals surface area contributed by atoms with Gasteiger partial charge in [0.15, 0.2) is 0 Å². The zero-order valence-electron chi connectivity index (χ0n) is 29.1. The number of carbonyl (C=O) groups is 3. The molecule has 0 saturated carbocycles. The van der Waals surface area contributed by atoms with Crippen molar-refractivity contribution in [2.45, 2.75) is 91.5 Å². The van der Waals surface area contributed by atoms with Crippen molar-refractivity contribution in [2.75, 3.05) is 19.7 Å². The van der Waals surface area contributed by atoms with Crippen LogP contribution in [0.15, 0.2) is 72.8 Å². The molecule has 1 aliphatic rings. The number of aryl methyl sites for hydroxylation is 3. The molecule has 1 aliphatic heterocycles. The first-order chi connectivity index (χ1) is 23.0. The van der Waals surface area contributed by atoms with Gasteiger partial charge in [-0.15, -0.1) is 0 Å². The third-order valence-electron chi connectivity index (χ3n) is 8.43. The monoisotopic (exact) mass is 657 g/mol. The van der Waals surface area contributed by atoms with Crippen LogP contribution < -0.4 is 15.4 Å². The summed E-state index contributed by atoms with van der Waals surface area (Å²) in [5, 5.41) is 5.81. The van der Waals surface area contributed by atoms with Crippen LogP contribution >= 0.6 is 0 Å². The Morgan fingerprint density at radius 2 is 1.62 bits per heavy atom. The molecule has 4 rings (SSSR count). The Morgan fingerprint density at radius 3 is 2.31 bits per heavy atom. The number of rotatable bonds is 13. The van der Waals surface area contributed by atoms with Crippen LogP contribution in [-0.2, 0) is 33.8 Å². The molecule has 3 aromatic carbocycles. The van der Waals surface area contributed by atoms with E-state index in [1.54, 1.807) is 0 Å². The van der Waals surface area contributed by atoms with E-state index in [1.165, 1.54) is 0 Å². The first kappa shape index (κ1) is 36.3. The van der Waals surface area contributed by atoms with E-state index < -0.39 is 17.7 Å². The quantitative estimate of drug-likeness (QED) is 0.200. The number of hydrogen-bond acceptors (Lipinski definition) is 6. The molecular formula is C39H51N3O6. The number of nitrogens with one attached hydrogen (secondary N) is 2. The topological polar surface area (TPSA) is 106 Å². The minimum Gasteiger partial charge on any atom is -0.493 e. The van der Waals surface area contributed by atoms with Crippen LogP contribution in [0.1, 0.15) is 74.3 Å². The number of ether oxygens (including phenoxy) is 3. The number of carbonyl (C=O) groups excluding carboxylic acids is 3. The Kier molecular flexibility index (Phi) is 13.3. The zero-order valence-corrected chi connectivity index (χ0v) is 29.1. The Bertz CT molecular complexity index is 1490. The van der Waals surface area contributed by atoms with Gasteiger partial charge >= 0.3 is 12.2 Å². The molecule has 9 nitrogen and oxygen atoms in total. The summed E-state index contributed by atoms with van der Waals surface area (Å²) in [4.78, 5) is 40.6. The Hall–Kier alpha value is -4.53. The molecule has 1 heterocycles. The highest BCUT2D eigenvalue weighted by Gasteiger charge is 2.28. The smallest absolute Gasteiger partial charge is 0.410 e. The molecule has 1 fully saturated rings. The lowest BCUT2D eigenvalue weighted by Crippen LogP contribution is -2.47. The normalized spacial score (nSPS) is 15.3. The summed E-state index contributed by atoms with van der Waals surface area (Å²) in [6.45, 7) is 12.0. The highest BCUT2D eigenvalue weighted by atomic mass is 16.6. The van der Waals surface area contributed by atoms with Gasteiger partial charge in [0.1, 0.15) is 24.0 Å². The van der Waals surface area contributed by atoms with Crippen molar-refractivity contribution in [2.24, 2.45) is 5.92 Å². The molecule has 2 atom stereocenters. The van der Waals surface area contributed by atoms with Gasteiger partial charge in [0, 0.05) is 19.6 Å². The van der Waals surface area contributed by atoms with Crippen molar-refractivity contribution >= 4 is 18.1 Å². The Morgan fingerprint density at radius 1 is 0.938 bits per heavy atom. The number of hydrogen-bond donors (Lipinski definition) is 2. The van der Waals surface area contributed by atoms with E-state index in [0.29, 0.717) is 31.9 Å². The van der Waals surface area contributed by atoms with Gasteiger partial charge in [0.05, 0.1) is 6.61 Å². The fourth-order valence-corrected chi connectivity index (χ4v) is 5.79. The number of piperidine rings is 1. The summed E-state index contributed by atoms with van der Waals surface area (Å²) >= 11 is 0. The number of likely N-dealkylation sites (tertiary alicyclic amines) is 1. The minimum atomic E-state index is -0.773. The predicted octanol–water partition coefficient (Wildman–Crippen LogP) is 7.26. The summed E-state index contributed by atoms with van der Waals surface area (Å²) in [5.41, 5.74) is 4.43. The summed E-state index contributed by atoms with van der Waals surface area (Å²) < 4.78 is 17.2. The van der Waals surface area contributed by atoms with Crippen LogP contribution in [0.4, 0.5) is 9.59 Å². The lowest BCUT2D eigenvalue weighted by Gasteiger charge is -2.34. The van der Waals surface area contributed by atoms with Crippen LogP contribution in [0.3, 0.4) is 0 Å². The van der Waals surface area contributed by atoms with Gasteiger partial charge in [-0.25, -0.2) is 9.59 Å². The van der Waals surface area contributed by atoms with Gasteiger partial charge < -0.3 is 29.7 Å². The maximum absolute atomic E-state index is 13.5. The van der Waals surface area contributed by atoms with Crippen molar-refractivity contribution < 1.29 is 28.6 Å². The fraction of sp³-hybridized carbons (Fsp3) is 0.462. The molecule has 3 amide bonds. The number of amides is 3. The maximum Gasteiger partial charge on any atom is 0.410 e. The molecule has 0 aliphatic carbocycles. The SMILES string of the molecule is Cc1cc(C)c(OCCC2CCCN(C(=O)OC(C)(C)C)C2)cc1CNC(=O)[C@H](CCc1ccccc1)NC(=O)OCc1ccccc1. The van der Waals surface area contributed by atoms with Crippen LogP contribution in [0.2, 0.25) is 0 Å². The molecule has 1 unspecified atom stereocenters. The molecule has 48 heavy (non-hydrogen) atoms. The first-order valence-corrected chi connectivity index (χ1v) is 17.0. The third kappa shape index (κ3) is 11.9. The standard InChI is InChI=1S/C39H51N3O6/c1-28-23-29(2)35(46-22-20-31-17-12-21-42(26-31)38(45)48-39(3,4)5)24-33(28)25-40-36(43)34(19-18-30-13-8-6-9-14-30)41-37(44)47-27-32-15-10-7-11-16-32/h6-11,13-16,23-24,31,34H,12,17-22,25-27H2,1-5H3,(H,40,43)(H,41,44)/t31?,34-/m0/s1. The Balaban J connectivity index is 1.32. The second-order valence-corrected chi connectivity index (χ2v) is 13.6. The third-order valence-corrected chi connectivity index (χ3v) is 8.43. The van der Waals surface area contributed by atoms with E-state index >= 15 is 0 Å². The summed E-state index contributed by atoms with van der Waals surface area (Å²) in [5.74, 6) is 0.834. The van der Waals surface area contributed by atoms with Crippen molar-refractivity contribution in [3.63, 3.8) is 0 Å². The fourth-order valence-electron chi connectivity index (χ4n) is 5.79. The van der Waals surface area contributed by atoms with Gasteiger partial charge in [-0.3, -0.25) is 4.79 Å². The van der Waals surface area contributed by atoms with Crippen molar-refractivity contribution in [3.05, 3.63) is 101 Å². The molecule has 0 bridgehead atoms. The number of alkyl carbamates (subject to hydrolysis) is 1. The van der Waals surface area contributed by atoms with Gasteiger partial charge in [-0.05, 0) is 107 Å². The second kappa shape index (κ2) is 17.6. The average molecular weight is 658 g/mol. The summed E-state index contributed by atoms with van der Waals surface area (Å²) in [6.07, 6.45) is 2.97. The molecule has 0 radical (unpaired) electrons. The minimum absolute atomic E-state index is 0.119. The number of nitrogens with zero attached hydrogens (tertiary/aromatic N) is 1. The molecule has 2 N–H and O–H groups in total. The lowest BCUT2D eigenvalue weighted by atomic mass is 9.95.